The van der Waals surface area contributed by atoms with E-state index in [1.807, 2.05) is 31.2 Å². The molecule has 0 heterocycles. The van der Waals surface area contributed by atoms with E-state index in [1.54, 1.807) is 12.1 Å². The van der Waals surface area contributed by atoms with Gasteiger partial charge in [-0.05, 0) is 52.2 Å². The summed E-state index contributed by atoms with van der Waals surface area (Å²) in [6.45, 7) is 2.29. The van der Waals surface area contributed by atoms with E-state index in [4.69, 9.17) is 11.6 Å². The highest BCUT2D eigenvalue weighted by molar-refractivity contribution is 9.10. The Labute approximate surface area is 130 Å². The molecule has 0 saturated carbocycles. The first-order valence-corrected chi connectivity index (χ1v) is 7.07. The zero-order valence-corrected chi connectivity index (χ0v) is 13.0. The number of halogens is 2. The van der Waals surface area contributed by atoms with Crippen LogP contribution < -0.4 is 5.32 Å². The van der Waals surface area contributed by atoms with Gasteiger partial charge in [-0.3, -0.25) is 10.1 Å². The van der Waals surface area contributed by atoms with Gasteiger partial charge in [-0.15, -0.1) is 0 Å². The molecule has 0 aliphatic carbocycles. The van der Waals surface area contributed by atoms with Crippen molar-refractivity contribution in [1.82, 2.24) is 0 Å². The van der Waals surface area contributed by atoms with Crippen molar-refractivity contribution in [3.63, 3.8) is 0 Å². The molecule has 104 valence electrons. The zero-order chi connectivity index (χ0) is 14.7. The maximum absolute atomic E-state index is 11.0. The van der Waals surface area contributed by atoms with Gasteiger partial charge in [0.1, 0.15) is 5.69 Å². The summed E-state index contributed by atoms with van der Waals surface area (Å²) in [6, 6.07) is 10.7. The van der Waals surface area contributed by atoms with Crippen LogP contribution in [0.1, 0.15) is 11.1 Å². The lowest BCUT2D eigenvalue weighted by Crippen LogP contribution is -2.03. The van der Waals surface area contributed by atoms with Crippen LogP contribution in [0.4, 0.5) is 11.4 Å². The third kappa shape index (κ3) is 3.49. The van der Waals surface area contributed by atoms with E-state index in [9.17, 15) is 10.1 Å². The van der Waals surface area contributed by atoms with Gasteiger partial charge in [0.15, 0.2) is 0 Å². The summed E-state index contributed by atoms with van der Waals surface area (Å²) in [4.78, 5) is 10.6. The number of benzene rings is 2. The van der Waals surface area contributed by atoms with E-state index >= 15 is 0 Å². The van der Waals surface area contributed by atoms with Gasteiger partial charge >= 0.3 is 0 Å². The Bertz CT molecular complexity index is 662. The van der Waals surface area contributed by atoms with Crippen LogP contribution in [0.2, 0.25) is 5.02 Å². The van der Waals surface area contributed by atoms with Crippen LogP contribution in [0.25, 0.3) is 0 Å². The number of nitrogens with zero attached hydrogens (tertiary/aromatic N) is 1. The van der Waals surface area contributed by atoms with Crippen molar-refractivity contribution in [2.45, 2.75) is 13.5 Å². The number of aryl methyl sites for hydroxylation is 1. The number of hydrogen-bond donors (Lipinski definition) is 1. The molecule has 0 fully saturated rings. The average molecular weight is 356 g/mol. The zero-order valence-electron chi connectivity index (χ0n) is 10.7. The highest BCUT2D eigenvalue weighted by Gasteiger charge is 2.13. The molecule has 2 aromatic carbocycles. The van der Waals surface area contributed by atoms with Gasteiger partial charge in [0.2, 0.25) is 0 Å². The molecule has 2 rings (SSSR count). The molecule has 0 atom stereocenters. The van der Waals surface area contributed by atoms with E-state index in [0.717, 1.165) is 15.6 Å². The normalized spacial score (nSPS) is 10.3. The minimum absolute atomic E-state index is 0.0770. The van der Waals surface area contributed by atoms with Crippen LogP contribution in [-0.2, 0) is 6.54 Å². The number of rotatable bonds is 4. The molecule has 0 bridgehead atoms. The Hall–Kier alpha value is -1.59. The van der Waals surface area contributed by atoms with Crippen molar-refractivity contribution in [2.75, 3.05) is 5.32 Å². The number of nitro benzene ring substituents is 1. The summed E-state index contributed by atoms with van der Waals surface area (Å²) in [5, 5.41) is 14.7. The van der Waals surface area contributed by atoms with Gasteiger partial charge in [0.05, 0.1) is 9.95 Å². The summed E-state index contributed by atoms with van der Waals surface area (Å²) in [6.07, 6.45) is 0. The van der Waals surface area contributed by atoms with Crippen LogP contribution in [0.5, 0.6) is 0 Å². The van der Waals surface area contributed by atoms with E-state index in [-0.39, 0.29) is 10.6 Å². The minimum Gasteiger partial charge on any atom is -0.375 e. The molecular formula is C14H12BrClN2O2. The molecule has 0 radical (unpaired) electrons. The van der Waals surface area contributed by atoms with Crippen molar-refractivity contribution in [1.29, 1.82) is 0 Å². The molecule has 0 spiro atoms. The number of anilines is 1. The molecule has 0 unspecified atom stereocenters. The molecule has 0 amide bonds. The second-order valence-corrected chi connectivity index (χ2v) is 5.64. The number of nitrogens with one attached hydrogen (secondary N) is 1. The Morgan fingerprint density at radius 2 is 2.05 bits per heavy atom. The fraction of sp³-hybridized carbons (Fsp3) is 0.143. The third-order valence-electron chi connectivity index (χ3n) is 2.82. The molecule has 0 saturated heterocycles. The van der Waals surface area contributed by atoms with Gasteiger partial charge in [0, 0.05) is 17.1 Å². The number of nitro groups is 1. The highest BCUT2D eigenvalue weighted by atomic mass is 79.9. The minimum atomic E-state index is -0.385. The molecule has 1 N–H and O–H groups in total. The maximum Gasteiger partial charge on any atom is 0.292 e. The molecular weight excluding hydrogens is 344 g/mol. The summed E-state index contributed by atoms with van der Waals surface area (Å²) in [7, 11) is 0. The van der Waals surface area contributed by atoms with Crippen molar-refractivity contribution in [3.05, 3.63) is 67.1 Å². The molecule has 0 aromatic heterocycles. The largest absolute Gasteiger partial charge is 0.375 e. The molecule has 4 nitrogen and oxygen atoms in total. The highest BCUT2D eigenvalue weighted by Crippen LogP contribution is 2.27. The van der Waals surface area contributed by atoms with Gasteiger partial charge in [-0.1, -0.05) is 23.7 Å². The Balaban J connectivity index is 2.18. The topological polar surface area (TPSA) is 55.2 Å². The Morgan fingerprint density at radius 3 is 2.70 bits per heavy atom. The monoisotopic (exact) mass is 354 g/mol. The average Bonchev–Trinajstić information content (AvgIpc) is 2.41. The molecule has 20 heavy (non-hydrogen) atoms. The second kappa shape index (κ2) is 6.24. The van der Waals surface area contributed by atoms with Crippen molar-refractivity contribution in [2.24, 2.45) is 0 Å². The van der Waals surface area contributed by atoms with Crippen molar-refractivity contribution >= 4 is 38.9 Å². The summed E-state index contributed by atoms with van der Waals surface area (Å²) >= 11 is 9.34. The van der Waals surface area contributed by atoms with Gasteiger partial charge < -0.3 is 5.32 Å². The summed E-state index contributed by atoms with van der Waals surface area (Å²) < 4.78 is 0.823. The van der Waals surface area contributed by atoms with Crippen molar-refractivity contribution < 1.29 is 4.92 Å². The van der Waals surface area contributed by atoms with Crippen LogP contribution in [0, 0.1) is 17.0 Å². The van der Waals surface area contributed by atoms with Crippen LogP contribution in [0.3, 0.4) is 0 Å². The lowest BCUT2D eigenvalue weighted by atomic mass is 10.1. The number of hydrogen-bond acceptors (Lipinski definition) is 3. The summed E-state index contributed by atoms with van der Waals surface area (Å²) in [5.41, 5.74) is 2.38. The SMILES string of the molecule is Cc1ccc(NCc2ccc(Br)c(Cl)c2)c([N+](=O)[O-])c1. The predicted octanol–water partition coefficient (Wildman–Crippen LogP) is 4.93. The van der Waals surface area contributed by atoms with E-state index in [2.05, 4.69) is 21.2 Å². The second-order valence-electron chi connectivity index (χ2n) is 4.38. The van der Waals surface area contributed by atoms with E-state index < -0.39 is 0 Å². The summed E-state index contributed by atoms with van der Waals surface area (Å²) in [5.74, 6) is 0. The van der Waals surface area contributed by atoms with Gasteiger partial charge in [-0.2, -0.15) is 0 Å². The van der Waals surface area contributed by atoms with Crippen molar-refractivity contribution in [3.8, 4) is 0 Å². The molecule has 2 aromatic rings. The molecule has 0 aliphatic heterocycles. The smallest absolute Gasteiger partial charge is 0.292 e. The first-order valence-electron chi connectivity index (χ1n) is 5.90. The quantitative estimate of drug-likeness (QED) is 0.625. The first-order chi connectivity index (χ1) is 9.47. The van der Waals surface area contributed by atoms with Gasteiger partial charge in [0.25, 0.3) is 5.69 Å². The van der Waals surface area contributed by atoms with E-state index in [1.165, 1.54) is 0 Å². The lowest BCUT2D eigenvalue weighted by Gasteiger charge is -2.08. The Kier molecular flexibility index (Phi) is 4.62. The standard InChI is InChI=1S/C14H12BrClN2O2/c1-9-2-5-13(14(6-9)18(19)20)17-8-10-3-4-11(15)12(16)7-10/h2-7,17H,8H2,1H3. The fourth-order valence-corrected chi connectivity index (χ4v) is 2.24. The van der Waals surface area contributed by atoms with Crippen LogP contribution >= 0.6 is 27.5 Å². The lowest BCUT2D eigenvalue weighted by molar-refractivity contribution is -0.384. The van der Waals surface area contributed by atoms with E-state index in [0.29, 0.717) is 17.3 Å². The predicted molar refractivity (Wildman–Crippen MR) is 84.3 cm³/mol. The van der Waals surface area contributed by atoms with Crippen LogP contribution in [-0.4, -0.2) is 4.92 Å². The fourth-order valence-electron chi connectivity index (χ4n) is 1.79. The molecule has 0 aliphatic rings. The van der Waals surface area contributed by atoms with Gasteiger partial charge in [-0.25, -0.2) is 0 Å². The van der Waals surface area contributed by atoms with Crippen LogP contribution in [0.15, 0.2) is 40.9 Å². The maximum atomic E-state index is 11.0. The Morgan fingerprint density at radius 1 is 1.30 bits per heavy atom. The molecule has 6 heteroatoms. The third-order valence-corrected chi connectivity index (χ3v) is 4.05. The first kappa shape index (κ1) is 14.8.